The van der Waals surface area contributed by atoms with Crippen LogP contribution in [0.5, 0.6) is 0 Å². The number of carbonyl (C=O) groups excluding carboxylic acids is 1. The summed E-state index contributed by atoms with van der Waals surface area (Å²) < 4.78 is 0.718. The number of nitrogens with zero attached hydrogens (tertiary/aromatic N) is 3. The lowest BCUT2D eigenvalue weighted by Gasteiger charge is -2.25. The van der Waals surface area contributed by atoms with E-state index >= 15 is 0 Å². The molecule has 0 saturated carbocycles. The van der Waals surface area contributed by atoms with E-state index < -0.39 is 0 Å². The number of hydrogen-bond acceptors (Lipinski definition) is 4. The van der Waals surface area contributed by atoms with Gasteiger partial charge in [-0.3, -0.25) is 4.79 Å². The molecule has 0 fully saturated rings. The molecule has 88 valence electrons. The van der Waals surface area contributed by atoms with E-state index in [1.54, 1.807) is 6.20 Å². The van der Waals surface area contributed by atoms with Crippen LogP contribution in [0.15, 0.2) is 10.7 Å². The number of hydrogen-bond donors (Lipinski definition) is 1. The number of aromatic nitrogens is 2. The van der Waals surface area contributed by atoms with Crippen LogP contribution in [0, 0.1) is 0 Å². The predicted molar refractivity (Wildman–Crippen MR) is 66.4 cm³/mol. The van der Waals surface area contributed by atoms with E-state index in [9.17, 15) is 4.79 Å². The first-order valence-corrected chi connectivity index (χ1v) is 5.78. The van der Waals surface area contributed by atoms with Gasteiger partial charge in [0.2, 0.25) is 11.2 Å². The van der Waals surface area contributed by atoms with Crippen LogP contribution >= 0.6 is 27.5 Å². The quantitative estimate of drug-likeness (QED) is 0.858. The Hall–Kier alpha value is -0.880. The van der Waals surface area contributed by atoms with Crippen LogP contribution in [0.1, 0.15) is 13.3 Å². The topological polar surface area (TPSA) is 72.1 Å². The van der Waals surface area contributed by atoms with Crippen LogP contribution in [0.4, 0.5) is 5.82 Å². The van der Waals surface area contributed by atoms with Crippen LogP contribution in [0.25, 0.3) is 0 Å². The number of anilines is 1. The fourth-order valence-electron chi connectivity index (χ4n) is 1.22. The molecule has 0 radical (unpaired) electrons. The lowest BCUT2D eigenvalue weighted by atomic mass is 10.2. The maximum atomic E-state index is 10.8. The molecule has 1 heterocycles. The maximum absolute atomic E-state index is 10.8. The molecule has 0 spiro atoms. The van der Waals surface area contributed by atoms with Gasteiger partial charge < -0.3 is 10.6 Å². The molecule has 1 unspecified atom stereocenters. The Kier molecular flexibility index (Phi) is 4.49. The molecule has 5 nitrogen and oxygen atoms in total. The molecular formula is C9H12BrClN4O. The second kappa shape index (κ2) is 5.45. The summed E-state index contributed by atoms with van der Waals surface area (Å²) in [5.74, 6) is 0.282. The molecular weight excluding hydrogens is 295 g/mol. The number of amides is 1. The maximum Gasteiger partial charge on any atom is 0.224 e. The summed E-state index contributed by atoms with van der Waals surface area (Å²) in [5, 5.41) is 0.163. The summed E-state index contributed by atoms with van der Waals surface area (Å²) in [5.41, 5.74) is 5.14. The van der Waals surface area contributed by atoms with Crippen LogP contribution in [0.2, 0.25) is 5.28 Å². The summed E-state index contributed by atoms with van der Waals surface area (Å²) in [6.45, 7) is 1.88. The van der Waals surface area contributed by atoms with Crippen molar-refractivity contribution >= 4 is 39.3 Å². The first-order valence-electron chi connectivity index (χ1n) is 4.61. The van der Waals surface area contributed by atoms with Gasteiger partial charge >= 0.3 is 0 Å². The fourth-order valence-corrected chi connectivity index (χ4v) is 1.82. The van der Waals surface area contributed by atoms with Crippen molar-refractivity contribution in [1.29, 1.82) is 0 Å². The average molecular weight is 308 g/mol. The summed E-state index contributed by atoms with van der Waals surface area (Å²) in [7, 11) is 1.82. The molecule has 1 aromatic rings. The summed E-state index contributed by atoms with van der Waals surface area (Å²) in [4.78, 5) is 20.6. The van der Waals surface area contributed by atoms with Crippen molar-refractivity contribution in [2.45, 2.75) is 19.4 Å². The first-order chi connectivity index (χ1) is 7.41. The van der Waals surface area contributed by atoms with Gasteiger partial charge in [-0.2, -0.15) is 4.98 Å². The summed E-state index contributed by atoms with van der Waals surface area (Å²) >= 11 is 9.03. The van der Waals surface area contributed by atoms with Gasteiger partial charge in [-0.1, -0.05) is 0 Å². The van der Waals surface area contributed by atoms with Crippen molar-refractivity contribution in [2.24, 2.45) is 5.73 Å². The van der Waals surface area contributed by atoms with Gasteiger partial charge in [0, 0.05) is 25.7 Å². The van der Waals surface area contributed by atoms with Crippen molar-refractivity contribution in [3.63, 3.8) is 0 Å². The van der Waals surface area contributed by atoms with E-state index in [2.05, 4.69) is 25.9 Å². The molecule has 1 amide bonds. The molecule has 0 aliphatic heterocycles. The number of carbonyl (C=O) groups is 1. The minimum absolute atomic E-state index is 0.0558. The largest absolute Gasteiger partial charge is 0.370 e. The van der Waals surface area contributed by atoms with Crippen LogP contribution in [-0.2, 0) is 4.79 Å². The second-order valence-electron chi connectivity index (χ2n) is 3.44. The van der Waals surface area contributed by atoms with Crippen LogP contribution < -0.4 is 10.6 Å². The van der Waals surface area contributed by atoms with E-state index in [0.29, 0.717) is 5.82 Å². The number of nitrogens with two attached hydrogens (primary N) is 1. The Morgan fingerprint density at radius 3 is 2.94 bits per heavy atom. The molecule has 16 heavy (non-hydrogen) atoms. The minimum atomic E-state index is -0.351. The highest BCUT2D eigenvalue weighted by atomic mass is 79.9. The number of rotatable bonds is 4. The molecule has 0 aliphatic rings. The molecule has 0 bridgehead atoms. The Morgan fingerprint density at radius 1 is 1.75 bits per heavy atom. The first kappa shape index (κ1) is 13.2. The number of halogens is 2. The monoisotopic (exact) mass is 306 g/mol. The van der Waals surface area contributed by atoms with E-state index in [4.69, 9.17) is 17.3 Å². The highest BCUT2D eigenvalue weighted by molar-refractivity contribution is 9.10. The molecule has 1 atom stereocenters. The lowest BCUT2D eigenvalue weighted by molar-refractivity contribution is -0.118. The normalized spacial score (nSPS) is 12.2. The Balaban J connectivity index is 2.90. The van der Waals surface area contributed by atoms with Gasteiger partial charge in [-0.25, -0.2) is 4.98 Å². The van der Waals surface area contributed by atoms with Gasteiger partial charge in [0.1, 0.15) is 5.82 Å². The number of primary amides is 1. The van der Waals surface area contributed by atoms with Gasteiger partial charge in [-0.15, -0.1) is 0 Å². The highest BCUT2D eigenvalue weighted by Crippen LogP contribution is 2.25. The molecule has 2 N–H and O–H groups in total. The van der Waals surface area contributed by atoms with Crippen molar-refractivity contribution in [2.75, 3.05) is 11.9 Å². The van der Waals surface area contributed by atoms with E-state index in [0.717, 1.165) is 4.47 Å². The highest BCUT2D eigenvalue weighted by Gasteiger charge is 2.16. The van der Waals surface area contributed by atoms with Gasteiger partial charge in [0.15, 0.2) is 0 Å². The predicted octanol–water partition coefficient (Wildman–Crippen LogP) is 1.59. The van der Waals surface area contributed by atoms with E-state index in [-0.39, 0.29) is 23.7 Å². The molecule has 1 rings (SSSR count). The molecule has 1 aromatic heterocycles. The van der Waals surface area contributed by atoms with Crippen LogP contribution in [0.3, 0.4) is 0 Å². The van der Waals surface area contributed by atoms with Gasteiger partial charge in [-0.05, 0) is 34.5 Å². The van der Waals surface area contributed by atoms with E-state index in [1.165, 1.54) is 0 Å². The third-order valence-electron chi connectivity index (χ3n) is 2.19. The Bertz CT molecular complexity index is 401. The Labute approximate surface area is 107 Å². The Morgan fingerprint density at radius 2 is 2.38 bits per heavy atom. The standard InChI is InChI=1S/C9H12BrClN4O/c1-5(3-7(12)16)15(2)8-6(10)4-13-9(11)14-8/h4-5H,3H2,1-2H3,(H2,12,16). The van der Waals surface area contributed by atoms with Crippen molar-refractivity contribution in [3.8, 4) is 0 Å². The minimum Gasteiger partial charge on any atom is -0.370 e. The zero-order valence-electron chi connectivity index (χ0n) is 8.94. The van der Waals surface area contributed by atoms with Gasteiger partial charge in [0.25, 0.3) is 0 Å². The van der Waals surface area contributed by atoms with Crippen molar-refractivity contribution < 1.29 is 4.79 Å². The zero-order valence-corrected chi connectivity index (χ0v) is 11.3. The smallest absolute Gasteiger partial charge is 0.224 e. The lowest BCUT2D eigenvalue weighted by Crippen LogP contribution is -2.33. The van der Waals surface area contributed by atoms with E-state index in [1.807, 2.05) is 18.9 Å². The molecule has 0 aliphatic carbocycles. The molecule has 7 heteroatoms. The second-order valence-corrected chi connectivity index (χ2v) is 4.63. The molecule has 0 aromatic carbocycles. The van der Waals surface area contributed by atoms with Gasteiger partial charge in [0.05, 0.1) is 4.47 Å². The summed E-state index contributed by atoms with van der Waals surface area (Å²) in [6.07, 6.45) is 1.82. The SMILES string of the molecule is CC(CC(N)=O)N(C)c1nc(Cl)ncc1Br. The zero-order chi connectivity index (χ0) is 12.3. The third kappa shape index (κ3) is 3.31. The molecule has 0 saturated heterocycles. The summed E-state index contributed by atoms with van der Waals surface area (Å²) in [6, 6.07) is -0.0558. The van der Waals surface area contributed by atoms with Crippen molar-refractivity contribution in [1.82, 2.24) is 9.97 Å². The van der Waals surface area contributed by atoms with Crippen LogP contribution in [-0.4, -0.2) is 29.0 Å². The average Bonchev–Trinajstić information content (AvgIpc) is 2.19. The van der Waals surface area contributed by atoms with Crippen molar-refractivity contribution in [3.05, 3.63) is 16.0 Å². The third-order valence-corrected chi connectivity index (χ3v) is 2.93. The fraction of sp³-hybridized carbons (Fsp3) is 0.444.